The summed E-state index contributed by atoms with van der Waals surface area (Å²) in [4.78, 5) is 11.9. The number of carbonyl (C=O) groups excluding carboxylic acids is 1. The number of carbonyl (C=O) groups is 1. The maximum Gasteiger partial charge on any atom is 0.247 e. The zero-order valence-electron chi connectivity index (χ0n) is 14.3. The van der Waals surface area contributed by atoms with Crippen LogP contribution in [0, 0.1) is 0 Å². The number of amides is 1. The van der Waals surface area contributed by atoms with Crippen molar-refractivity contribution in [3.63, 3.8) is 0 Å². The number of nitrogens with one attached hydrogen (secondary N) is 1. The van der Waals surface area contributed by atoms with E-state index in [1.54, 1.807) is 6.07 Å². The molecule has 0 aliphatic rings. The minimum absolute atomic E-state index is 0.0505. The summed E-state index contributed by atoms with van der Waals surface area (Å²) in [5.74, 6) is 0.191. The van der Waals surface area contributed by atoms with Crippen LogP contribution in [0.4, 0.5) is 0 Å². The van der Waals surface area contributed by atoms with Crippen molar-refractivity contribution in [2.45, 2.75) is 31.2 Å². The van der Waals surface area contributed by atoms with Gasteiger partial charge in [-0.3, -0.25) is 4.79 Å². The average molecular weight is 344 g/mol. The first-order valence-corrected chi connectivity index (χ1v) is 8.44. The summed E-state index contributed by atoms with van der Waals surface area (Å²) in [6.45, 7) is 5.18. The molecule has 0 saturated carbocycles. The lowest BCUT2D eigenvalue weighted by Crippen LogP contribution is -2.46. The summed E-state index contributed by atoms with van der Waals surface area (Å²) in [5.41, 5.74) is -0.435. The van der Waals surface area contributed by atoms with Crippen LogP contribution in [0.5, 0.6) is 11.5 Å². The van der Waals surface area contributed by atoms with Crippen LogP contribution >= 0.6 is 0 Å². The summed E-state index contributed by atoms with van der Waals surface area (Å²) >= 11 is 0. The lowest BCUT2D eigenvalue weighted by Gasteiger charge is -2.23. The van der Waals surface area contributed by atoms with E-state index >= 15 is 0 Å². The van der Waals surface area contributed by atoms with Crippen molar-refractivity contribution in [1.82, 2.24) is 9.62 Å². The standard InChI is InChI=1S/C15H24N2O5S/c1-15(2,3)16-14(18)10-17(4)23(19,20)13-9-11(21-5)7-8-12(13)22-6/h7-9H,10H2,1-6H3,(H,16,18). The number of hydrogen-bond acceptors (Lipinski definition) is 5. The van der Waals surface area contributed by atoms with Gasteiger partial charge in [0.1, 0.15) is 16.4 Å². The Hall–Kier alpha value is -1.80. The van der Waals surface area contributed by atoms with E-state index in [1.807, 2.05) is 20.8 Å². The molecule has 0 saturated heterocycles. The first kappa shape index (κ1) is 19.2. The van der Waals surface area contributed by atoms with E-state index in [-0.39, 0.29) is 23.1 Å². The zero-order valence-corrected chi connectivity index (χ0v) is 15.2. The molecule has 7 nitrogen and oxygen atoms in total. The highest BCUT2D eigenvalue weighted by Gasteiger charge is 2.28. The van der Waals surface area contributed by atoms with Gasteiger partial charge in [-0.25, -0.2) is 8.42 Å². The fourth-order valence-corrected chi connectivity index (χ4v) is 3.19. The minimum atomic E-state index is -3.90. The molecule has 0 fully saturated rings. The summed E-state index contributed by atoms with van der Waals surface area (Å²) < 4.78 is 36.5. The van der Waals surface area contributed by atoms with Gasteiger partial charge in [0, 0.05) is 18.7 Å². The normalized spacial score (nSPS) is 12.1. The van der Waals surface area contributed by atoms with E-state index in [9.17, 15) is 13.2 Å². The van der Waals surface area contributed by atoms with Gasteiger partial charge in [-0.1, -0.05) is 0 Å². The van der Waals surface area contributed by atoms with Crippen molar-refractivity contribution < 1.29 is 22.7 Å². The molecule has 0 aromatic heterocycles. The first-order chi connectivity index (χ1) is 10.5. The Balaban J connectivity index is 3.08. The molecule has 1 aromatic rings. The molecular formula is C15H24N2O5S. The molecule has 8 heteroatoms. The molecule has 0 unspecified atom stereocenters. The van der Waals surface area contributed by atoms with Crippen LogP contribution < -0.4 is 14.8 Å². The highest BCUT2D eigenvalue weighted by atomic mass is 32.2. The maximum atomic E-state index is 12.7. The molecule has 0 aliphatic heterocycles. The minimum Gasteiger partial charge on any atom is -0.497 e. The molecular weight excluding hydrogens is 320 g/mol. The second-order valence-corrected chi connectivity index (χ2v) is 8.09. The van der Waals surface area contributed by atoms with E-state index in [4.69, 9.17) is 9.47 Å². The Labute approximate surface area is 137 Å². The molecule has 0 spiro atoms. The maximum absolute atomic E-state index is 12.7. The van der Waals surface area contributed by atoms with Crippen LogP contribution in [0.3, 0.4) is 0 Å². The third-order valence-electron chi connectivity index (χ3n) is 2.94. The summed E-state index contributed by atoms with van der Waals surface area (Å²) in [6, 6.07) is 4.48. The Bertz CT molecular complexity index is 665. The predicted molar refractivity (Wildman–Crippen MR) is 87.3 cm³/mol. The highest BCUT2D eigenvalue weighted by molar-refractivity contribution is 7.89. The molecule has 1 aromatic carbocycles. The van der Waals surface area contributed by atoms with Crippen LogP contribution in [0.15, 0.2) is 23.1 Å². The van der Waals surface area contributed by atoms with Crippen molar-refractivity contribution in [3.8, 4) is 11.5 Å². The Kier molecular flexibility index (Phi) is 6.01. The fourth-order valence-electron chi connectivity index (χ4n) is 1.90. The quantitative estimate of drug-likeness (QED) is 0.839. The van der Waals surface area contributed by atoms with Crippen LogP contribution in [0.1, 0.15) is 20.8 Å². The molecule has 0 aliphatic carbocycles. The average Bonchev–Trinajstić information content (AvgIpc) is 2.44. The van der Waals surface area contributed by atoms with Crippen LogP contribution in [-0.2, 0) is 14.8 Å². The Morgan fingerprint density at radius 3 is 2.30 bits per heavy atom. The van der Waals surface area contributed by atoms with Gasteiger partial charge in [0.2, 0.25) is 15.9 Å². The van der Waals surface area contributed by atoms with Gasteiger partial charge in [-0.05, 0) is 32.9 Å². The van der Waals surface area contributed by atoms with Gasteiger partial charge in [0.15, 0.2) is 0 Å². The number of rotatable bonds is 6. The van der Waals surface area contributed by atoms with Crippen molar-refractivity contribution >= 4 is 15.9 Å². The number of benzene rings is 1. The van der Waals surface area contributed by atoms with E-state index < -0.39 is 15.6 Å². The smallest absolute Gasteiger partial charge is 0.247 e. The molecule has 0 heterocycles. The Morgan fingerprint density at radius 1 is 1.22 bits per heavy atom. The highest BCUT2D eigenvalue weighted by Crippen LogP contribution is 2.30. The molecule has 1 rings (SSSR count). The molecule has 0 bridgehead atoms. The molecule has 0 atom stereocenters. The van der Waals surface area contributed by atoms with Gasteiger partial charge in [-0.2, -0.15) is 4.31 Å². The SMILES string of the molecule is COc1ccc(OC)c(S(=O)(=O)N(C)CC(=O)NC(C)(C)C)c1. The number of nitrogens with zero attached hydrogens (tertiary/aromatic N) is 1. The second-order valence-electron chi connectivity index (χ2n) is 6.08. The Morgan fingerprint density at radius 2 is 1.83 bits per heavy atom. The van der Waals surface area contributed by atoms with Crippen LogP contribution in [0.25, 0.3) is 0 Å². The van der Waals surface area contributed by atoms with Gasteiger partial charge in [0.25, 0.3) is 0 Å². The van der Waals surface area contributed by atoms with E-state index in [1.165, 1.54) is 33.4 Å². The largest absolute Gasteiger partial charge is 0.497 e. The molecule has 1 amide bonds. The zero-order chi connectivity index (χ0) is 17.8. The third kappa shape index (κ3) is 5.11. The predicted octanol–water partition coefficient (Wildman–Crippen LogP) is 1.24. The third-order valence-corrected chi connectivity index (χ3v) is 4.76. The monoisotopic (exact) mass is 344 g/mol. The van der Waals surface area contributed by atoms with Crippen molar-refractivity contribution in [1.29, 1.82) is 0 Å². The van der Waals surface area contributed by atoms with Crippen molar-refractivity contribution in [3.05, 3.63) is 18.2 Å². The molecule has 130 valence electrons. The number of ether oxygens (including phenoxy) is 2. The van der Waals surface area contributed by atoms with E-state index in [0.29, 0.717) is 5.75 Å². The van der Waals surface area contributed by atoms with Crippen molar-refractivity contribution in [2.75, 3.05) is 27.8 Å². The number of methoxy groups -OCH3 is 2. The fraction of sp³-hybridized carbons (Fsp3) is 0.533. The van der Waals surface area contributed by atoms with Crippen LogP contribution in [0.2, 0.25) is 0 Å². The van der Waals surface area contributed by atoms with Gasteiger partial charge >= 0.3 is 0 Å². The summed E-state index contributed by atoms with van der Waals surface area (Å²) in [7, 11) is 0.271. The molecule has 23 heavy (non-hydrogen) atoms. The summed E-state index contributed by atoms with van der Waals surface area (Å²) in [5, 5.41) is 2.72. The lowest BCUT2D eigenvalue weighted by atomic mass is 10.1. The summed E-state index contributed by atoms with van der Waals surface area (Å²) in [6.07, 6.45) is 0. The molecule has 1 N–H and O–H groups in total. The van der Waals surface area contributed by atoms with E-state index in [0.717, 1.165) is 4.31 Å². The van der Waals surface area contributed by atoms with Gasteiger partial charge < -0.3 is 14.8 Å². The number of sulfonamides is 1. The van der Waals surface area contributed by atoms with Gasteiger partial charge in [-0.15, -0.1) is 0 Å². The second kappa shape index (κ2) is 7.18. The molecule has 0 radical (unpaired) electrons. The van der Waals surface area contributed by atoms with Crippen LogP contribution in [-0.4, -0.2) is 52.0 Å². The van der Waals surface area contributed by atoms with Gasteiger partial charge in [0.05, 0.1) is 20.8 Å². The van der Waals surface area contributed by atoms with E-state index in [2.05, 4.69) is 5.32 Å². The lowest BCUT2D eigenvalue weighted by molar-refractivity contribution is -0.122. The first-order valence-electron chi connectivity index (χ1n) is 7.00. The number of likely N-dealkylation sites (N-methyl/N-ethyl adjacent to an activating group) is 1. The van der Waals surface area contributed by atoms with Crippen molar-refractivity contribution in [2.24, 2.45) is 0 Å². The number of hydrogen-bond donors (Lipinski definition) is 1. The topological polar surface area (TPSA) is 84.9 Å².